The van der Waals surface area contributed by atoms with Gasteiger partial charge in [-0.2, -0.15) is 0 Å². The van der Waals surface area contributed by atoms with Gasteiger partial charge in [0, 0.05) is 5.92 Å². The average Bonchev–Trinajstić information content (AvgIpc) is 2.80. The summed E-state index contributed by atoms with van der Waals surface area (Å²) in [5.41, 5.74) is 2.87. The van der Waals surface area contributed by atoms with Gasteiger partial charge in [0.15, 0.2) is 0 Å². The fraction of sp³-hybridized carbons (Fsp3) is 0.667. The molecule has 0 N–H and O–H groups in total. The van der Waals surface area contributed by atoms with Crippen LogP contribution in [0, 0.1) is 36.5 Å². The van der Waals surface area contributed by atoms with Gasteiger partial charge >= 0.3 is 0 Å². The third kappa shape index (κ3) is 5.89. The van der Waals surface area contributed by atoms with Crippen LogP contribution in [0.15, 0.2) is 48.6 Å². The minimum atomic E-state index is 0.647. The largest absolute Gasteiger partial charge is 0.0851 e. The van der Waals surface area contributed by atoms with E-state index in [0.717, 1.165) is 29.6 Å². The van der Waals surface area contributed by atoms with E-state index in [4.69, 9.17) is 0 Å². The van der Waals surface area contributed by atoms with Gasteiger partial charge in [0.25, 0.3) is 0 Å². The van der Waals surface area contributed by atoms with Crippen LogP contribution in [0.4, 0.5) is 0 Å². The molecule has 0 saturated heterocycles. The molecule has 2 fully saturated rings. The van der Waals surface area contributed by atoms with Crippen molar-refractivity contribution in [3.05, 3.63) is 59.7 Å². The fourth-order valence-electron chi connectivity index (χ4n) is 6.48. The van der Waals surface area contributed by atoms with E-state index in [1.807, 2.05) is 0 Å². The predicted molar refractivity (Wildman–Crippen MR) is 131 cm³/mol. The Kier molecular flexibility index (Phi) is 7.91. The van der Waals surface area contributed by atoms with Gasteiger partial charge in [-0.1, -0.05) is 73.9 Å². The highest BCUT2D eigenvalue weighted by molar-refractivity contribution is 5.28. The highest BCUT2D eigenvalue weighted by Gasteiger charge is 2.28. The molecule has 30 heavy (non-hydrogen) atoms. The quantitative estimate of drug-likeness (QED) is 0.415. The van der Waals surface area contributed by atoms with E-state index in [2.05, 4.69) is 62.4 Å². The zero-order valence-corrected chi connectivity index (χ0v) is 19.6. The molecule has 0 radical (unpaired) electrons. The van der Waals surface area contributed by atoms with Crippen molar-refractivity contribution in [3.63, 3.8) is 0 Å². The number of rotatable bonds is 6. The van der Waals surface area contributed by atoms with Crippen LogP contribution in [0.1, 0.15) is 101 Å². The lowest BCUT2D eigenvalue weighted by Crippen LogP contribution is -2.22. The molecular weight excluding hydrogens is 360 g/mol. The molecule has 4 rings (SSSR count). The zero-order valence-electron chi connectivity index (χ0n) is 19.6. The van der Waals surface area contributed by atoms with Crippen LogP contribution in [0.3, 0.4) is 0 Å². The van der Waals surface area contributed by atoms with Crippen molar-refractivity contribution in [2.75, 3.05) is 0 Å². The summed E-state index contributed by atoms with van der Waals surface area (Å²) in [6.07, 6.45) is 27.5. The lowest BCUT2D eigenvalue weighted by Gasteiger charge is -2.34. The van der Waals surface area contributed by atoms with Crippen molar-refractivity contribution in [3.8, 4) is 0 Å². The van der Waals surface area contributed by atoms with E-state index in [-0.39, 0.29) is 0 Å². The minimum absolute atomic E-state index is 0.647. The molecule has 2 atom stereocenters. The van der Waals surface area contributed by atoms with E-state index in [9.17, 15) is 0 Å². The van der Waals surface area contributed by atoms with Crippen molar-refractivity contribution >= 4 is 0 Å². The van der Waals surface area contributed by atoms with E-state index in [1.54, 1.807) is 0 Å². The van der Waals surface area contributed by atoms with Gasteiger partial charge < -0.3 is 0 Å². The molecule has 0 aliphatic heterocycles. The topological polar surface area (TPSA) is 0 Å². The van der Waals surface area contributed by atoms with Crippen LogP contribution < -0.4 is 0 Å². The maximum Gasteiger partial charge on any atom is 0.00182 e. The normalized spacial score (nSPS) is 35.0. The first-order chi connectivity index (χ1) is 14.7. The molecule has 1 aromatic rings. The van der Waals surface area contributed by atoms with Gasteiger partial charge in [-0.25, -0.2) is 0 Å². The third-order valence-electron chi connectivity index (χ3n) is 8.57. The maximum atomic E-state index is 2.63. The Balaban J connectivity index is 1.20. The van der Waals surface area contributed by atoms with Crippen LogP contribution in [0.5, 0.6) is 0 Å². The number of hydrogen-bond acceptors (Lipinski definition) is 0. The first-order valence-electron chi connectivity index (χ1n) is 13.1. The summed E-state index contributed by atoms with van der Waals surface area (Å²) in [6, 6.07) is 9.19. The molecule has 0 heteroatoms. The number of hydrogen-bond donors (Lipinski definition) is 0. The Morgan fingerprint density at radius 1 is 0.733 bits per heavy atom. The maximum absolute atomic E-state index is 2.63. The minimum Gasteiger partial charge on any atom is -0.0851 e. The molecule has 2 unspecified atom stereocenters. The van der Waals surface area contributed by atoms with Gasteiger partial charge in [0.1, 0.15) is 0 Å². The summed E-state index contributed by atoms with van der Waals surface area (Å²) in [4.78, 5) is 0. The molecule has 0 nitrogen and oxygen atoms in total. The Labute approximate surface area is 186 Å². The molecule has 0 bridgehead atoms. The summed E-state index contributed by atoms with van der Waals surface area (Å²) in [5.74, 6) is 5.20. The van der Waals surface area contributed by atoms with Crippen molar-refractivity contribution in [2.24, 2.45) is 29.6 Å². The third-order valence-corrected chi connectivity index (χ3v) is 8.57. The summed E-state index contributed by atoms with van der Waals surface area (Å²) < 4.78 is 0. The molecule has 164 valence electrons. The molecular formula is C30H44. The van der Waals surface area contributed by atoms with Crippen molar-refractivity contribution in [2.45, 2.75) is 96.8 Å². The molecule has 3 aliphatic rings. The van der Waals surface area contributed by atoms with Gasteiger partial charge in [-0.3, -0.25) is 0 Å². The Bertz CT molecular complexity index is 677. The summed E-state index contributed by atoms with van der Waals surface area (Å²) >= 11 is 0. The molecule has 0 aromatic heterocycles. The smallest absolute Gasteiger partial charge is 0.00182 e. The van der Waals surface area contributed by atoms with Crippen LogP contribution >= 0.6 is 0 Å². The highest BCUT2D eigenvalue weighted by Crippen LogP contribution is 2.41. The van der Waals surface area contributed by atoms with Gasteiger partial charge in [-0.15, -0.1) is 0 Å². The first kappa shape index (κ1) is 21.9. The van der Waals surface area contributed by atoms with Crippen LogP contribution in [-0.2, 0) is 0 Å². The average molecular weight is 405 g/mol. The van der Waals surface area contributed by atoms with Gasteiger partial charge in [0.2, 0.25) is 0 Å². The van der Waals surface area contributed by atoms with E-state index < -0.39 is 0 Å². The van der Waals surface area contributed by atoms with Gasteiger partial charge in [0.05, 0.1) is 0 Å². The number of allylic oxidation sites excluding steroid dienone is 4. The lowest BCUT2D eigenvalue weighted by molar-refractivity contribution is 0.236. The molecule has 0 spiro atoms. The summed E-state index contributed by atoms with van der Waals surface area (Å²) in [5, 5.41) is 0. The van der Waals surface area contributed by atoms with Crippen molar-refractivity contribution in [1.82, 2.24) is 0 Å². The molecule has 0 amide bonds. The molecule has 0 heterocycles. The second-order valence-corrected chi connectivity index (χ2v) is 10.8. The van der Waals surface area contributed by atoms with Crippen LogP contribution in [0.2, 0.25) is 0 Å². The highest BCUT2D eigenvalue weighted by atomic mass is 14.3. The predicted octanol–water partition coefficient (Wildman–Crippen LogP) is 9.01. The van der Waals surface area contributed by atoms with E-state index in [0.29, 0.717) is 5.92 Å². The monoisotopic (exact) mass is 404 g/mol. The molecule has 2 saturated carbocycles. The zero-order chi connectivity index (χ0) is 20.8. The molecule has 3 aliphatic carbocycles. The Morgan fingerprint density at radius 2 is 1.37 bits per heavy atom. The second-order valence-electron chi connectivity index (χ2n) is 10.8. The van der Waals surface area contributed by atoms with Crippen LogP contribution in [-0.4, -0.2) is 0 Å². The summed E-state index contributed by atoms with van der Waals surface area (Å²) in [7, 11) is 0. The van der Waals surface area contributed by atoms with Gasteiger partial charge in [-0.05, 0) is 106 Å². The van der Waals surface area contributed by atoms with Crippen molar-refractivity contribution < 1.29 is 0 Å². The SMILES string of the molecule is CCCC1CCC(/C=C/C2CCC(C3C=CC(c4ccc(C)cc4)CC3)CC2)CC1. The number of aryl methyl sites for hydroxylation is 1. The second kappa shape index (κ2) is 10.8. The standard InChI is InChI=1S/C30H44/c1-3-4-24-7-9-25(10-8-24)11-12-26-13-17-28(18-14-26)30-21-19-29(20-22-30)27-15-5-23(2)6-16-27/h5-6,11-12,15-16,19,21,24-26,28-30H,3-4,7-10,13-14,17-18,20,22H2,1-2H3/b12-11+. The van der Waals surface area contributed by atoms with E-state index in [1.165, 1.54) is 88.2 Å². The first-order valence-corrected chi connectivity index (χ1v) is 13.1. The Hall–Kier alpha value is -1.30. The Morgan fingerprint density at radius 3 is 1.93 bits per heavy atom. The lowest BCUT2D eigenvalue weighted by atomic mass is 9.71. The summed E-state index contributed by atoms with van der Waals surface area (Å²) in [6.45, 7) is 4.52. The fourth-order valence-corrected chi connectivity index (χ4v) is 6.48. The molecule has 1 aromatic carbocycles. The van der Waals surface area contributed by atoms with E-state index >= 15 is 0 Å². The van der Waals surface area contributed by atoms with Crippen LogP contribution in [0.25, 0.3) is 0 Å². The number of benzene rings is 1. The van der Waals surface area contributed by atoms with Crippen molar-refractivity contribution in [1.29, 1.82) is 0 Å².